The maximum atomic E-state index is 11.1. The summed E-state index contributed by atoms with van der Waals surface area (Å²) in [5.41, 5.74) is 4.09. The maximum absolute atomic E-state index is 11.1. The van der Waals surface area contributed by atoms with Gasteiger partial charge in [-0.05, 0) is 53.8 Å². The first-order valence-corrected chi connectivity index (χ1v) is 11.4. The fourth-order valence-electron chi connectivity index (χ4n) is 3.62. The first-order valence-electron chi connectivity index (χ1n) is 10.2. The molecule has 33 heavy (non-hydrogen) atoms. The minimum absolute atomic E-state index is 0. The van der Waals surface area contributed by atoms with Crippen LogP contribution in [0.25, 0.3) is 21.2 Å². The van der Waals surface area contributed by atoms with Crippen LogP contribution in [0.4, 0.5) is 0 Å². The number of aliphatic carboxylic acids is 1. The third-order valence-electron chi connectivity index (χ3n) is 5.19. The molecule has 168 valence electrons. The van der Waals surface area contributed by atoms with E-state index in [4.69, 9.17) is 21.4 Å². The van der Waals surface area contributed by atoms with Crippen molar-refractivity contribution >= 4 is 52.5 Å². The van der Waals surface area contributed by atoms with E-state index in [0.717, 1.165) is 38.4 Å². The van der Waals surface area contributed by atoms with Crippen LogP contribution in [0.5, 0.6) is 5.75 Å². The van der Waals surface area contributed by atoms with Crippen molar-refractivity contribution in [2.24, 2.45) is 0 Å². The van der Waals surface area contributed by atoms with Gasteiger partial charge in [-0.25, -0.2) is 0 Å². The Kier molecular flexibility index (Phi) is 8.46. The summed E-state index contributed by atoms with van der Waals surface area (Å²) < 4.78 is 7.19. The van der Waals surface area contributed by atoms with E-state index >= 15 is 0 Å². The molecule has 0 aliphatic carbocycles. The van der Waals surface area contributed by atoms with Crippen LogP contribution >= 0.6 is 36.4 Å². The number of fused-ring (bicyclic) bond motifs is 1. The number of carboxylic acid groups (broad SMARTS) is 1. The van der Waals surface area contributed by atoms with E-state index in [1.165, 1.54) is 4.70 Å². The van der Waals surface area contributed by atoms with Crippen molar-refractivity contribution in [1.29, 1.82) is 0 Å². The second-order valence-corrected chi connectivity index (χ2v) is 8.68. The molecule has 1 heterocycles. The average molecular weight is 495 g/mol. The molecule has 0 amide bonds. The van der Waals surface area contributed by atoms with Gasteiger partial charge in [0.25, 0.3) is 0 Å². The average Bonchev–Trinajstić information content (AvgIpc) is 3.21. The number of rotatable bonds is 7. The molecule has 1 N–H and O–H groups in total. The molecule has 3 nitrogen and oxygen atoms in total. The first-order chi connectivity index (χ1) is 15.5. The van der Waals surface area contributed by atoms with Crippen LogP contribution in [-0.4, -0.2) is 11.1 Å². The van der Waals surface area contributed by atoms with Crippen molar-refractivity contribution in [3.63, 3.8) is 0 Å². The molecule has 6 heteroatoms. The van der Waals surface area contributed by atoms with E-state index < -0.39 is 5.97 Å². The van der Waals surface area contributed by atoms with E-state index in [9.17, 15) is 4.79 Å². The predicted octanol–water partition coefficient (Wildman–Crippen LogP) is 7.50. The first kappa shape index (κ1) is 24.7. The lowest BCUT2D eigenvalue weighted by Gasteiger charge is -2.11. The Bertz CT molecular complexity index is 1320. The molecule has 0 aliphatic rings. The normalized spacial score (nSPS) is 11.2. The highest BCUT2D eigenvalue weighted by Crippen LogP contribution is 2.38. The minimum atomic E-state index is -0.863. The molecule has 0 aliphatic heterocycles. The molecule has 0 spiro atoms. The molecule has 0 fully saturated rings. The molecule has 0 saturated carbocycles. The Hall–Kier alpha value is -2.91. The SMILES string of the molecule is CC#C[C@@H](CC(=O)O)c1ccc(OCc2ccc3scc(-c4ccccc4Cl)c3c2)cc1.S. The smallest absolute Gasteiger partial charge is 0.304 e. The van der Waals surface area contributed by atoms with Gasteiger partial charge in [0.2, 0.25) is 0 Å². The number of benzene rings is 3. The number of carboxylic acids is 1. The lowest BCUT2D eigenvalue weighted by atomic mass is 9.96. The number of hydrogen-bond donors (Lipinski definition) is 1. The van der Waals surface area contributed by atoms with Gasteiger partial charge in [0, 0.05) is 26.2 Å². The summed E-state index contributed by atoms with van der Waals surface area (Å²) in [5, 5.41) is 13.1. The van der Waals surface area contributed by atoms with E-state index in [2.05, 4.69) is 35.4 Å². The van der Waals surface area contributed by atoms with Gasteiger partial charge in [0.15, 0.2) is 0 Å². The molecule has 1 atom stereocenters. The third-order valence-corrected chi connectivity index (χ3v) is 6.48. The van der Waals surface area contributed by atoms with E-state index in [0.29, 0.717) is 6.61 Å². The molecule has 0 saturated heterocycles. The number of ether oxygens (including phenoxy) is 1. The number of thiophene rings is 1. The molecule has 0 radical (unpaired) electrons. The Morgan fingerprint density at radius 2 is 1.85 bits per heavy atom. The van der Waals surface area contributed by atoms with Crippen LogP contribution in [-0.2, 0) is 11.4 Å². The third kappa shape index (κ3) is 5.91. The predicted molar refractivity (Wildman–Crippen MR) is 142 cm³/mol. The molecule has 4 rings (SSSR count). The molecule has 0 bridgehead atoms. The Labute approximate surface area is 209 Å². The zero-order valence-electron chi connectivity index (χ0n) is 18.0. The van der Waals surface area contributed by atoms with Crippen LogP contribution in [0.2, 0.25) is 5.02 Å². The standard InChI is InChI=1S/C27H21ClO3S.H2S/c1-2-5-20(15-27(29)30)19-9-11-21(12-10-19)31-16-18-8-13-26-23(14-18)24(17-32-26)22-6-3-4-7-25(22)28;/h3-4,6-14,17,20H,15-16H2,1H3,(H,29,30);1H2/t20-;/m0./s1. The molecule has 1 aromatic heterocycles. The quantitative estimate of drug-likeness (QED) is 0.270. The second-order valence-electron chi connectivity index (χ2n) is 7.36. The van der Waals surface area contributed by atoms with Crippen molar-refractivity contribution in [2.75, 3.05) is 0 Å². The van der Waals surface area contributed by atoms with E-state index in [-0.39, 0.29) is 25.8 Å². The van der Waals surface area contributed by atoms with Crippen molar-refractivity contribution in [1.82, 2.24) is 0 Å². The summed E-state index contributed by atoms with van der Waals surface area (Å²) in [6.07, 6.45) is -0.0184. The maximum Gasteiger partial charge on any atom is 0.304 e. The van der Waals surface area contributed by atoms with Gasteiger partial charge in [-0.2, -0.15) is 13.5 Å². The molecule has 0 unspecified atom stereocenters. The van der Waals surface area contributed by atoms with Gasteiger partial charge in [0.05, 0.1) is 12.3 Å². The largest absolute Gasteiger partial charge is 0.489 e. The minimum Gasteiger partial charge on any atom is -0.489 e. The van der Waals surface area contributed by atoms with Gasteiger partial charge >= 0.3 is 5.97 Å². The topological polar surface area (TPSA) is 46.5 Å². The number of carbonyl (C=O) groups is 1. The zero-order chi connectivity index (χ0) is 22.5. The van der Waals surface area contributed by atoms with Gasteiger partial charge in [-0.15, -0.1) is 17.3 Å². The number of hydrogen-bond acceptors (Lipinski definition) is 3. The monoisotopic (exact) mass is 494 g/mol. The summed E-state index contributed by atoms with van der Waals surface area (Å²) in [4.78, 5) is 11.1. The Morgan fingerprint density at radius 1 is 1.09 bits per heavy atom. The highest BCUT2D eigenvalue weighted by atomic mass is 35.5. The number of halogens is 1. The van der Waals surface area contributed by atoms with Gasteiger partial charge in [-0.3, -0.25) is 4.79 Å². The molecular weight excluding hydrogens is 472 g/mol. The fourth-order valence-corrected chi connectivity index (χ4v) is 4.80. The molecule has 4 aromatic rings. The van der Waals surface area contributed by atoms with Crippen LogP contribution < -0.4 is 4.74 Å². The van der Waals surface area contributed by atoms with Crippen LogP contribution in [0.15, 0.2) is 72.1 Å². The molecule has 3 aromatic carbocycles. The second kappa shape index (κ2) is 11.3. The van der Waals surface area contributed by atoms with Crippen LogP contribution in [0.1, 0.15) is 30.4 Å². The van der Waals surface area contributed by atoms with E-state index in [1.807, 2.05) is 48.5 Å². The fraction of sp³-hybridized carbons (Fsp3) is 0.148. The lowest BCUT2D eigenvalue weighted by molar-refractivity contribution is -0.137. The lowest BCUT2D eigenvalue weighted by Crippen LogP contribution is -2.04. The van der Waals surface area contributed by atoms with Crippen molar-refractivity contribution in [3.8, 4) is 28.7 Å². The highest BCUT2D eigenvalue weighted by Gasteiger charge is 2.13. The van der Waals surface area contributed by atoms with Gasteiger partial charge < -0.3 is 9.84 Å². The molecular formula is C27H23ClO3S2. The zero-order valence-corrected chi connectivity index (χ0v) is 20.5. The summed E-state index contributed by atoms with van der Waals surface area (Å²) >= 11 is 8.12. The Balaban J connectivity index is 0.00000306. The summed E-state index contributed by atoms with van der Waals surface area (Å²) in [6.45, 7) is 2.15. The summed E-state index contributed by atoms with van der Waals surface area (Å²) in [5.74, 6) is 5.32. The summed E-state index contributed by atoms with van der Waals surface area (Å²) in [7, 11) is 0. The van der Waals surface area contributed by atoms with Crippen molar-refractivity contribution in [2.45, 2.75) is 25.9 Å². The van der Waals surface area contributed by atoms with Crippen LogP contribution in [0.3, 0.4) is 0 Å². The Morgan fingerprint density at radius 3 is 2.55 bits per heavy atom. The van der Waals surface area contributed by atoms with Crippen LogP contribution in [0, 0.1) is 11.8 Å². The van der Waals surface area contributed by atoms with Crippen molar-refractivity contribution in [3.05, 3.63) is 88.3 Å². The van der Waals surface area contributed by atoms with E-state index in [1.54, 1.807) is 18.3 Å². The van der Waals surface area contributed by atoms with Crippen molar-refractivity contribution < 1.29 is 14.6 Å². The summed E-state index contributed by atoms with van der Waals surface area (Å²) in [6, 6.07) is 21.7. The highest BCUT2D eigenvalue weighted by molar-refractivity contribution is 7.59. The van der Waals surface area contributed by atoms with Gasteiger partial charge in [0.1, 0.15) is 12.4 Å². The van der Waals surface area contributed by atoms with Gasteiger partial charge in [-0.1, -0.05) is 53.9 Å².